The van der Waals surface area contributed by atoms with Crippen LogP contribution in [-0.4, -0.2) is 12.1 Å². The van der Waals surface area contributed by atoms with Crippen molar-refractivity contribution in [2.24, 2.45) is 0 Å². The number of nitrogens with zero attached hydrogens (tertiary/aromatic N) is 1. The van der Waals surface area contributed by atoms with Gasteiger partial charge >= 0.3 is 0 Å². The van der Waals surface area contributed by atoms with E-state index in [2.05, 4.69) is 41.5 Å². The van der Waals surface area contributed by atoms with Crippen LogP contribution in [-0.2, 0) is 13.2 Å². The molecule has 0 bridgehead atoms. The summed E-state index contributed by atoms with van der Waals surface area (Å²) in [6, 6.07) is 22.3. The third-order valence-electron chi connectivity index (χ3n) is 4.22. The summed E-state index contributed by atoms with van der Waals surface area (Å²) in [6.07, 6.45) is 1.78. The summed E-state index contributed by atoms with van der Waals surface area (Å²) in [6.45, 7) is 3.38. The highest BCUT2D eigenvalue weighted by molar-refractivity contribution is 5.31. The van der Waals surface area contributed by atoms with E-state index < -0.39 is 0 Å². The minimum atomic E-state index is 0.225. The van der Waals surface area contributed by atoms with Gasteiger partial charge in [0.05, 0.1) is 12.8 Å². The van der Waals surface area contributed by atoms with E-state index in [-0.39, 0.29) is 6.04 Å². The molecule has 26 heavy (non-hydrogen) atoms. The Morgan fingerprint density at radius 3 is 2.62 bits per heavy atom. The fraction of sp³-hybridized carbons (Fsp3) is 0.227. The van der Waals surface area contributed by atoms with Crippen molar-refractivity contribution in [2.45, 2.75) is 26.1 Å². The van der Waals surface area contributed by atoms with Crippen molar-refractivity contribution in [2.75, 3.05) is 7.11 Å². The summed E-state index contributed by atoms with van der Waals surface area (Å²) < 4.78 is 11.1. The minimum Gasteiger partial charge on any atom is -0.497 e. The van der Waals surface area contributed by atoms with Crippen LogP contribution in [0.2, 0.25) is 0 Å². The number of pyridine rings is 1. The first-order valence-electron chi connectivity index (χ1n) is 8.73. The molecule has 1 aromatic heterocycles. The molecule has 134 valence electrons. The first kappa shape index (κ1) is 18.0. The SMILES string of the molecule is COc1cccc([C@@H](C)NCc2cccc(OCc3ccccn3)c2)c1. The Labute approximate surface area is 154 Å². The van der Waals surface area contributed by atoms with Gasteiger partial charge in [0.2, 0.25) is 0 Å². The van der Waals surface area contributed by atoms with E-state index in [0.29, 0.717) is 6.61 Å². The van der Waals surface area contributed by atoms with Crippen LogP contribution in [0.4, 0.5) is 0 Å². The molecular formula is C22H24N2O2. The van der Waals surface area contributed by atoms with Gasteiger partial charge in [-0.05, 0) is 54.4 Å². The molecule has 4 nitrogen and oxygen atoms in total. The number of aromatic nitrogens is 1. The molecule has 0 spiro atoms. The van der Waals surface area contributed by atoms with Crippen molar-refractivity contribution in [3.05, 3.63) is 89.7 Å². The molecule has 0 amide bonds. The molecule has 0 aliphatic rings. The molecule has 3 aromatic rings. The van der Waals surface area contributed by atoms with Crippen LogP contribution in [0.3, 0.4) is 0 Å². The van der Waals surface area contributed by atoms with Gasteiger partial charge in [-0.25, -0.2) is 0 Å². The van der Waals surface area contributed by atoms with Crippen LogP contribution in [0.25, 0.3) is 0 Å². The van der Waals surface area contributed by atoms with Gasteiger partial charge in [-0.2, -0.15) is 0 Å². The van der Waals surface area contributed by atoms with Gasteiger partial charge in [-0.15, -0.1) is 0 Å². The van der Waals surface area contributed by atoms with E-state index in [4.69, 9.17) is 9.47 Å². The number of nitrogens with one attached hydrogen (secondary N) is 1. The summed E-state index contributed by atoms with van der Waals surface area (Å²) in [5, 5.41) is 3.54. The number of rotatable bonds is 8. The van der Waals surface area contributed by atoms with Gasteiger partial charge in [-0.1, -0.05) is 30.3 Å². The predicted octanol–water partition coefficient (Wildman–Crippen LogP) is 4.52. The fourth-order valence-corrected chi connectivity index (χ4v) is 2.69. The third-order valence-corrected chi connectivity index (χ3v) is 4.22. The molecule has 4 heteroatoms. The van der Waals surface area contributed by atoms with Gasteiger partial charge < -0.3 is 14.8 Å². The third kappa shape index (κ3) is 5.07. The Morgan fingerprint density at radius 1 is 0.962 bits per heavy atom. The molecule has 1 heterocycles. The van der Waals surface area contributed by atoms with E-state index in [0.717, 1.165) is 23.7 Å². The van der Waals surface area contributed by atoms with Gasteiger partial charge in [0.1, 0.15) is 18.1 Å². The van der Waals surface area contributed by atoms with Crippen molar-refractivity contribution in [3.63, 3.8) is 0 Å². The lowest BCUT2D eigenvalue weighted by atomic mass is 10.1. The maximum atomic E-state index is 5.85. The van der Waals surface area contributed by atoms with E-state index in [1.165, 1.54) is 11.1 Å². The van der Waals surface area contributed by atoms with Crippen molar-refractivity contribution in [3.8, 4) is 11.5 Å². The Bertz CT molecular complexity index is 821. The number of hydrogen-bond acceptors (Lipinski definition) is 4. The average molecular weight is 348 g/mol. The first-order valence-corrected chi connectivity index (χ1v) is 8.73. The van der Waals surface area contributed by atoms with Crippen molar-refractivity contribution < 1.29 is 9.47 Å². The van der Waals surface area contributed by atoms with Gasteiger partial charge in [0.15, 0.2) is 0 Å². The smallest absolute Gasteiger partial charge is 0.130 e. The summed E-state index contributed by atoms with van der Waals surface area (Å²) in [5.41, 5.74) is 3.30. The molecule has 0 saturated carbocycles. The molecule has 3 rings (SSSR count). The molecule has 0 saturated heterocycles. The lowest BCUT2D eigenvalue weighted by Gasteiger charge is -2.15. The summed E-state index contributed by atoms with van der Waals surface area (Å²) in [5.74, 6) is 1.73. The Morgan fingerprint density at radius 2 is 1.81 bits per heavy atom. The second kappa shape index (κ2) is 9.02. The van der Waals surface area contributed by atoms with Crippen LogP contribution in [0.5, 0.6) is 11.5 Å². The molecule has 2 aromatic carbocycles. The van der Waals surface area contributed by atoms with Crippen LogP contribution in [0.1, 0.15) is 29.8 Å². The minimum absolute atomic E-state index is 0.225. The second-order valence-electron chi connectivity index (χ2n) is 6.14. The van der Waals surface area contributed by atoms with Gasteiger partial charge in [0, 0.05) is 18.8 Å². The predicted molar refractivity (Wildman–Crippen MR) is 103 cm³/mol. The van der Waals surface area contributed by atoms with Gasteiger partial charge in [-0.3, -0.25) is 4.98 Å². The maximum Gasteiger partial charge on any atom is 0.130 e. The van der Waals surface area contributed by atoms with E-state index in [9.17, 15) is 0 Å². The normalized spacial score (nSPS) is 11.8. The lowest BCUT2D eigenvalue weighted by Crippen LogP contribution is -2.18. The van der Waals surface area contributed by atoms with Crippen molar-refractivity contribution in [1.82, 2.24) is 10.3 Å². The molecule has 0 aliphatic carbocycles. The highest BCUT2D eigenvalue weighted by atomic mass is 16.5. The molecule has 1 atom stereocenters. The fourth-order valence-electron chi connectivity index (χ4n) is 2.69. The first-order chi connectivity index (χ1) is 12.7. The highest BCUT2D eigenvalue weighted by Crippen LogP contribution is 2.20. The number of hydrogen-bond donors (Lipinski definition) is 1. The van der Waals surface area contributed by atoms with E-state index in [1.807, 2.05) is 42.5 Å². The quantitative estimate of drug-likeness (QED) is 0.650. The Kier molecular flexibility index (Phi) is 6.23. The van der Waals surface area contributed by atoms with Crippen molar-refractivity contribution >= 4 is 0 Å². The van der Waals surface area contributed by atoms with Crippen molar-refractivity contribution in [1.29, 1.82) is 0 Å². The largest absolute Gasteiger partial charge is 0.497 e. The summed E-state index contributed by atoms with van der Waals surface area (Å²) >= 11 is 0. The second-order valence-corrected chi connectivity index (χ2v) is 6.14. The maximum absolute atomic E-state index is 5.85. The molecule has 0 fully saturated rings. The standard InChI is InChI=1S/C22H24N2O2/c1-17(19-8-6-10-21(14-19)25-2)24-15-18-7-5-11-22(13-18)26-16-20-9-3-4-12-23-20/h3-14,17,24H,15-16H2,1-2H3/t17-/m1/s1. The zero-order chi connectivity index (χ0) is 18.2. The van der Waals surface area contributed by atoms with E-state index >= 15 is 0 Å². The van der Waals surface area contributed by atoms with E-state index in [1.54, 1.807) is 13.3 Å². The number of ether oxygens (including phenoxy) is 2. The number of methoxy groups -OCH3 is 1. The van der Waals surface area contributed by atoms with Crippen LogP contribution in [0.15, 0.2) is 72.9 Å². The summed E-state index contributed by atoms with van der Waals surface area (Å²) in [7, 11) is 1.69. The zero-order valence-corrected chi connectivity index (χ0v) is 15.2. The lowest BCUT2D eigenvalue weighted by molar-refractivity contribution is 0.301. The molecule has 1 N–H and O–H groups in total. The average Bonchev–Trinajstić information content (AvgIpc) is 2.71. The molecule has 0 aliphatic heterocycles. The van der Waals surface area contributed by atoms with Gasteiger partial charge in [0.25, 0.3) is 0 Å². The van der Waals surface area contributed by atoms with Crippen LogP contribution in [0, 0.1) is 0 Å². The highest BCUT2D eigenvalue weighted by Gasteiger charge is 2.06. The zero-order valence-electron chi connectivity index (χ0n) is 15.2. The Balaban J connectivity index is 1.56. The summed E-state index contributed by atoms with van der Waals surface area (Å²) in [4.78, 5) is 4.28. The molecular weight excluding hydrogens is 324 g/mol. The molecule has 0 unspecified atom stereocenters. The number of benzene rings is 2. The van der Waals surface area contributed by atoms with Crippen LogP contribution < -0.4 is 14.8 Å². The molecule has 0 radical (unpaired) electrons. The van der Waals surface area contributed by atoms with Crippen LogP contribution >= 0.6 is 0 Å². The topological polar surface area (TPSA) is 43.4 Å². The Hall–Kier alpha value is -2.85. The monoisotopic (exact) mass is 348 g/mol.